The minimum absolute atomic E-state index is 0.00213. The quantitative estimate of drug-likeness (QED) is 0.201. The van der Waals surface area contributed by atoms with E-state index in [0.29, 0.717) is 12.8 Å². The number of hydrogen-bond acceptors (Lipinski definition) is 7. The number of rotatable bonds is 6. The van der Waals surface area contributed by atoms with Crippen LogP contribution in [-0.2, 0) is 14.3 Å². The zero-order chi connectivity index (χ0) is 13.7. The Morgan fingerprint density at radius 2 is 2.11 bits per heavy atom. The van der Waals surface area contributed by atoms with Crippen LogP contribution in [0.3, 0.4) is 0 Å². The van der Waals surface area contributed by atoms with Crippen molar-refractivity contribution in [1.29, 1.82) is 5.41 Å². The van der Waals surface area contributed by atoms with Crippen molar-refractivity contribution in [3.63, 3.8) is 0 Å². The number of carbonyl (C=O) groups excluding carboxylic acids is 2. The van der Waals surface area contributed by atoms with E-state index in [1.54, 1.807) is 0 Å². The fourth-order valence-electron chi connectivity index (χ4n) is 1.68. The predicted octanol–water partition coefficient (Wildman–Crippen LogP) is -1.36. The molecule has 0 aliphatic heterocycles. The van der Waals surface area contributed by atoms with Crippen LogP contribution in [-0.4, -0.2) is 48.3 Å². The molecule has 7 nitrogen and oxygen atoms in total. The Morgan fingerprint density at radius 1 is 1.50 bits per heavy atom. The molecule has 0 saturated heterocycles. The Morgan fingerprint density at radius 3 is 2.56 bits per heavy atom. The number of aldehydes is 1. The maximum Gasteiger partial charge on any atom is 0.492 e. The second kappa shape index (κ2) is 6.32. The summed E-state index contributed by atoms with van der Waals surface area (Å²) in [6.45, 7) is 0. The number of methoxy groups -OCH3 is 1. The van der Waals surface area contributed by atoms with Gasteiger partial charge in [-0.2, -0.15) is 0 Å². The Bertz CT molecular complexity index is 376. The number of nitrogens with one attached hydrogen (secondary N) is 2. The lowest BCUT2D eigenvalue weighted by Crippen LogP contribution is -2.43. The van der Waals surface area contributed by atoms with Gasteiger partial charge in [-0.15, -0.1) is 0 Å². The molecule has 0 unspecified atom stereocenters. The molecule has 4 N–H and O–H groups in total. The lowest BCUT2D eigenvalue weighted by atomic mass is 9.76. The Labute approximate surface area is 104 Å². The molecule has 0 amide bonds. The van der Waals surface area contributed by atoms with E-state index in [1.807, 2.05) is 0 Å². The molecule has 1 aliphatic rings. The van der Waals surface area contributed by atoms with E-state index in [4.69, 9.17) is 15.5 Å². The van der Waals surface area contributed by atoms with Gasteiger partial charge in [-0.05, 0) is 19.0 Å². The first kappa shape index (κ1) is 14.4. The van der Waals surface area contributed by atoms with E-state index in [1.165, 1.54) is 13.3 Å². The van der Waals surface area contributed by atoms with E-state index in [2.05, 4.69) is 10.1 Å². The standard InChI is InChI=1S/C10H15BN2O5/c1-18-10(15)6-2-7(3-6)13-4-8(11(16)17)9(12)5-14/h4-7,12-13,16-17H,2-3H2,1H3/b8-4+,12-9?. The first-order valence-corrected chi connectivity index (χ1v) is 5.43. The number of esters is 1. The smallest absolute Gasteiger partial charge is 0.469 e. The van der Waals surface area contributed by atoms with Crippen molar-refractivity contribution in [3.8, 4) is 0 Å². The van der Waals surface area contributed by atoms with Crippen LogP contribution in [0.15, 0.2) is 11.7 Å². The van der Waals surface area contributed by atoms with Crippen molar-refractivity contribution in [2.24, 2.45) is 5.92 Å². The monoisotopic (exact) mass is 254 g/mol. The van der Waals surface area contributed by atoms with Crippen molar-refractivity contribution in [2.75, 3.05) is 7.11 Å². The average Bonchev–Trinajstić information content (AvgIpc) is 2.29. The molecular weight excluding hydrogens is 239 g/mol. The van der Waals surface area contributed by atoms with Crippen LogP contribution in [0.5, 0.6) is 0 Å². The van der Waals surface area contributed by atoms with Crippen molar-refractivity contribution in [2.45, 2.75) is 18.9 Å². The number of allylic oxidation sites excluding steroid dienone is 1. The van der Waals surface area contributed by atoms with Gasteiger partial charge in [-0.3, -0.25) is 15.0 Å². The third-order valence-electron chi connectivity index (χ3n) is 2.85. The molecule has 1 aliphatic carbocycles. The Kier molecular flexibility index (Phi) is 5.05. The summed E-state index contributed by atoms with van der Waals surface area (Å²) in [7, 11) is -0.555. The molecule has 0 aromatic heterocycles. The third-order valence-corrected chi connectivity index (χ3v) is 2.85. The third kappa shape index (κ3) is 3.41. The van der Waals surface area contributed by atoms with Gasteiger partial charge in [-0.25, -0.2) is 0 Å². The fraction of sp³-hybridized carbons (Fsp3) is 0.500. The molecule has 0 radical (unpaired) electrons. The van der Waals surface area contributed by atoms with E-state index in [-0.39, 0.29) is 29.7 Å². The van der Waals surface area contributed by atoms with Crippen LogP contribution < -0.4 is 5.32 Å². The van der Waals surface area contributed by atoms with Crippen LogP contribution in [0.2, 0.25) is 0 Å². The summed E-state index contributed by atoms with van der Waals surface area (Å²) in [4.78, 5) is 21.5. The highest BCUT2D eigenvalue weighted by Gasteiger charge is 2.35. The predicted molar refractivity (Wildman–Crippen MR) is 63.7 cm³/mol. The molecule has 1 saturated carbocycles. The Hall–Kier alpha value is -1.67. The van der Waals surface area contributed by atoms with E-state index < -0.39 is 12.8 Å². The molecule has 0 aromatic rings. The number of carbonyl (C=O) groups is 2. The Balaban J connectivity index is 2.47. The van der Waals surface area contributed by atoms with E-state index in [0.717, 1.165) is 0 Å². The van der Waals surface area contributed by atoms with Crippen LogP contribution in [0.1, 0.15) is 12.8 Å². The second-order valence-electron chi connectivity index (χ2n) is 4.06. The lowest BCUT2D eigenvalue weighted by Gasteiger charge is -2.33. The second-order valence-corrected chi connectivity index (χ2v) is 4.06. The van der Waals surface area contributed by atoms with Crippen LogP contribution >= 0.6 is 0 Å². The number of ether oxygens (including phenoxy) is 1. The molecule has 0 spiro atoms. The minimum atomic E-state index is -1.88. The van der Waals surface area contributed by atoms with Gasteiger partial charge in [0.05, 0.1) is 18.7 Å². The summed E-state index contributed by atoms with van der Waals surface area (Å²) in [6.07, 6.45) is 2.60. The SMILES string of the molecule is COC(=O)C1CC(N/C=C(/B(O)O)C(=N)C=O)C1. The average molecular weight is 254 g/mol. The zero-order valence-corrected chi connectivity index (χ0v) is 9.92. The first-order valence-electron chi connectivity index (χ1n) is 5.43. The fourth-order valence-corrected chi connectivity index (χ4v) is 1.68. The minimum Gasteiger partial charge on any atom is -0.469 e. The van der Waals surface area contributed by atoms with Crippen molar-refractivity contribution < 1.29 is 24.4 Å². The van der Waals surface area contributed by atoms with Gasteiger partial charge in [0.15, 0.2) is 6.29 Å². The summed E-state index contributed by atoms with van der Waals surface area (Å²) < 4.78 is 4.58. The molecule has 0 heterocycles. The van der Waals surface area contributed by atoms with Gasteiger partial charge < -0.3 is 20.1 Å². The van der Waals surface area contributed by atoms with Crippen LogP contribution in [0.25, 0.3) is 0 Å². The van der Waals surface area contributed by atoms with E-state index >= 15 is 0 Å². The molecule has 0 aromatic carbocycles. The van der Waals surface area contributed by atoms with Crippen LogP contribution in [0.4, 0.5) is 0 Å². The summed E-state index contributed by atoms with van der Waals surface area (Å²) in [5.74, 6) is -0.408. The molecular formula is C10H15BN2O5. The van der Waals surface area contributed by atoms with Gasteiger partial charge in [-0.1, -0.05) is 0 Å². The molecule has 98 valence electrons. The highest BCUT2D eigenvalue weighted by molar-refractivity contribution is 6.65. The topological polar surface area (TPSA) is 120 Å². The van der Waals surface area contributed by atoms with Crippen LogP contribution in [0, 0.1) is 11.3 Å². The van der Waals surface area contributed by atoms with Crippen molar-refractivity contribution >= 4 is 25.1 Å². The van der Waals surface area contributed by atoms with Gasteiger partial charge in [0.25, 0.3) is 0 Å². The van der Waals surface area contributed by atoms with Crippen molar-refractivity contribution in [1.82, 2.24) is 5.32 Å². The molecule has 18 heavy (non-hydrogen) atoms. The normalized spacial score (nSPS) is 22.7. The maximum absolute atomic E-state index is 11.1. The summed E-state index contributed by atoms with van der Waals surface area (Å²) in [6, 6.07) is 0.00213. The molecule has 1 fully saturated rings. The summed E-state index contributed by atoms with van der Waals surface area (Å²) in [5.41, 5.74) is -0.701. The zero-order valence-electron chi connectivity index (χ0n) is 9.92. The van der Waals surface area contributed by atoms with Gasteiger partial charge >= 0.3 is 13.1 Å². The summed E-state index contributed by atoms with van der Waals surface area (Å²) >= 11 is 0. The van der Waals surface area contributed by atoms with Gasteiger partial charge in [0.1, 0.15) is 0 Å². The highest BCUT2D eigenvalue weighted by Crippen LogP contribution is 2.28. The van der Waals surface area contributed by atoms with Crippen molar-refractivity contribution in [3.05, 3.63) is 11.7 Å². The maximum atomic E-state index is 11.1. The van der Waals surface area contributed by atoms with Gasteiger partial charge in [0.2, 0.25) is 0 Å². The summed E-state index contributed by atoms with van der Waals surface area (Å²) in [5, 5.41) is 28.0. The molecule has 0 atom stereocenters. The highest BCUT2D eigenvalue weighted by atomic mass is 16.5. The molecule has 8 heteroatoms. The van der Waals surface area contributed by atoms with Gasteiger partial charge in [0, 0.05) is 11.5 Å². The molecule has 1 rings (SSSR count). The lowest BCUT2D eigenvalue weighted by molar-refractivity contribution is -0.149. The first-order chi connectivity index (χ1) is 8.49. The molecule has 0 bridgehead atoms. The van der Waals surface area contributed by atoms with E-state index in [9.17, 15) is 9.59 Å². The number of hydrogen-bond donors (Lipinski definition) is 4. The largest absolute Gasteiger partial charge is 0.492 e.